The summed E-state index contributed by atoms with van der Waals surface area (Å²) in [6, 6.07) is 4.34. The number of hydrogen-bond donors (Lipinski definition) is 0. The van der Waals surface area contributed by atoms with Crippen molar-refractivity contribution in [2.45, 2.75) is 39.3 Å². The van der Waals surface area contributed by atoms with Crippen molar-refractivity contribution in [2.24, 2.45) is 0 Å². The van der Waals surface area contributed by atoms with Crippen LogP contribution in [0.1, 0.15) is 36.0 Å². The first-order valence-electron chi connectivity index (χ1n) is 9.65. The molecule has 6 nitrogen and oxygen atoms in total. The van der Waals surface area contributed by atoms with E-state index in [-0.39, 0.29) is 0 Å². The number of morpholine rings is 1. The lowest BCUT2D eigenvalue weighted by Crippen LogP contribution is -2.36. The predicted octanol–water partition coefficient (Wildman–Crippen LogP) is 2.22. The first-order valence-corrected chi connectivity index (χ1v) is 9.65. The molecule has 2 aromatic rings. The number of anilines is 1. The van der Waals surface area contributed by atoms with Gasteiger partial charge in [0, 0.05) is 69.2 Å². The van der Waals surface area contributed by atoms with Gasteiger partial charge in [-0.05, 0) is 18.1 Å². The summed E-state index contributed by atoms with van der Waals surface area (Å²) in [5.74, 6) is 2.04. The quantitative estimate of drug-likeness (QED) is 0.822. The number of ether oxygens (including phenoxy) is 1. The molecular weight excluding hydrogens is 326 g/mol. The minimum Gasteiger partial charge on any atom is -0.378 e. The van der Waals surface area contributed by atoms with Crippen LogP contribution >= 0.6 is 0 Å². The summed E-state index contributed by atoms with van der Waals surface area (Å²) in [7, 11) is 0. The average molecular weight is 353 g/mol. The minimum atomic E-state index is 0.790. The normalized spacial score (nSPS) is 18.0. The van der Waals surface area contributed by atoms with Gasteiger partial charge < -0.3 is 9.64 Å². The number of aromatic nitrogens is 3. The molecule has 0 amide bonds. The summed E-state index contributed by atoms with van der Waals surface area (Å²) >= 11 is 0. The van der Waals surface area contributed by atoms with Crippen LogP contribution in [-0.2, 0) is 30.7 Å². The maximum absolute atomic E-state index is 5.41. The second-order valence-electron chi connectivity index (χ2n) is 7.09. The summed E-state index contributed by atoms with van der Waals surface area (Å²) in [5.41, 5.74) is 3.77. The van der Waals surface area contributed by atoms with E-state index in [1.165, 1.54) is 16.8 Å². The van der Waals surface area contributed by atoms with E-state index in [9.17, 15) is 0 Å². The van der Waals surface area contributed by atoms with Gasteiger partial charge >= 0.3 is 0 Å². The molecule has 26 heavy (non-hydrogen) atoms. The van der Waals surface area contributed by atoms with Crippen molar-refractivity contribution < 1.29 is 4.74 Å². The van der Waals surface area contributed by atoms with E-state index in [2.05, 4.69) is 38.8 Å². The van der Waals surface area contributed by atoms with E-state index in [4.69, 9.17) is 9.72 Å². The standard InChI is InChI=1S/C20H27N5O/c1-2-3-19-21-13-17-15-24(7-6-18(17)23-19)14-16-4-5-20(22-12-16)25-8-10-26-11-9-25/h4-5,12-13H,2-3,6-11,14-15H2,1H3. The summed E-state index contributed by atoms with van der Waals surface area (Å²) in [6.45, 7) is 8.49. The van der Waals surface area contributed by atoms with Crippen molar-refractivity contribution in [1.82, 2.24) is 19.9 Å². The zero-order chi connectivity index (χ0) is 17.8. The molecule has 0 bridgehead atoms. The number of fused-ring (bicyclic) bond motifs is 1. The van der Waals surface area contributed by atoms with Gasteiger partial charge in [0.2, 0.25) is 0 Å². The molecule has 1 fully saturated rings. The fraction of sp³-hybridized carbons (Fsp3) is 0.550. The second-order valence-corrected chi connectivity index (χ2v) is 7.09. The van der Waals surface area contributed by atoms with E-state index < -0.39 is 0 Å². The number of pyridine rings is 1. The Balaban J connectivity index is 1.37. The van der Waals surface area contributed by atoms with Crippen molar-refractivity contribution in [2.75, 3.05) is 37.7 Å². The Bertz CT molecular complexity index is 727. The van der Waals surface area contributed by atoms with Gasteiger partial charge in [-0.2, -0.15) is 0 Å². The number of rotatable bonds is 5. The van der Waals surface area contributed by atoms with Crippen molar-refractivity contribution >= 4 is 5.82 Å². The molecule has 0 aliphatic carbocycles. The molecule has 4 rings (SSSR count). The smallest absolute Gasteiger partial charge is 0.128 e. The van der Waals surface area contributed by atoms with Crippen LogP contribution in [0, 0.1) is 0 Å². The van der Waals surface area contributed by atoms with Crippen LogP contribution < -0.4 is 4.90 Å². The van der Waals surface area contributed by atoms with Crippen LogP contribution in [-0.4, -0.2) is 52.7 Å². The van der Waals surface area contributed by atoms with E-state index in [0.29, 0.717) is 0 Å². The van der Waals surface area contributed by atoms with Gasteiger partial charge in [0.25, 0.3) is 0 Å². The highest BCUT2D eigenvalue weighted by Gasteiger charge is 2.19. The molecule has 2 aliphatic heterocycles. The van der Waals surface area contributed by atoms with E-state index in [1.54, 1.807) is 0 Å². The molecule has 0 unspecified atom stereocenters. The topological polar surface area (TPSA) is 54.4 Å². The molecule has 0 N–H and O–H groups in total. The highest BCUT2D eigenvalue weighted by molar-refractivity contribution is 5.39. The van der Waals surface area contributed by atoms with Gasteiger partial charge in [0.1, 0.15) is 11.6 Å². The van der Waals surface area contributed by atoms with Gasteiger partial charge in [-0.3, -0.25) is 4.90 Å². The first kappa shape index (κ1) is 17.4. The maximum Gasteiger partial charge on any atom is 0.128 e. The van der Waals surface area contributed by atoms with Crippen molar-refractivity contribution in [3.8, 4) is 0 Å². The minimum absolute atomic E-state index is 0.790. The fourth-order valence-electron chi connectivity index (χ4n) is 3.64. The zero-order valence-electron chi connectivity index (χ0n) is 15.5. The third-order valence-electron chi connectivity index (χ3n) is 5.09. The highest BCUT2D eigenvalue weighted by atomic mass is 16.5. The summed E-state index contributed by atoms with van der Waals surface area (Å²) in [5, 5.41) is 0. The van der Waals surface area contributed by atoms with Gasteiger partial charge in [0.15, 0.2) is 0 Å². The van der Waals surface area contributed by atoms with Crippen molar-refractivity contribution in [3.63, 3.8) is 0 Å². The molecular formula is C20H27N5O. The lowest BCUT2D eigenvalue weighted by Gasteiger charge is -2.29. The molecule has 138 valence electrons. The van der Waals surface area contributed by atoms with Gasteiger partial charge in [-0.25, -0.2) is 15.0 Å². The molecule has 0 spiro atoms. The maximum atomic E-state index is 5.41. The van der Waals surface area contributed by atoms with E-state index in [1.807, 2.05) is 12.4 Å². The summed E-state index contributed by atoms with van der Waals surface area (Å²) in [6.07, 6.45) is 7.12. The van der Waals surface area contributed by atoms with E-state index in [0.717, 1.165) is 76.8 Å². The highest BCUT2D eigenvalue weighted by Crippen LogP contribution is 2.20. The van der Waals surface area contributed by atoms with Gasteiger partial charge in [0.05, 0.1) is 13.2 Å². The lowest BCUT2D eigenvalue weighted by atomic mass is 10.1. The van der Waals surface area contributed by atoms with Crippen LogP contribution in [0.5, 0.6) is 0 Å². The largest absolute Gasteiger partial charge is 0.378 e. The molecule has 1 saturated heterocycles. The first-order chi connectivity index (χ1) is 12.8. The molecule has 2 aromatic heterocycles. The lowest BCUT2D eigenvalue weighted by molar-refractivity contribution is 0.122. The van der Waals surface area contributed by atoms with Crippen molar-refractivity contribution in [3.05, 3.63) is 47.2 Å². The number of nitrogens with zero attached hydrogens (tertiary/aromatic N) is 5. The van der Waals surface area contributed by atoms with Crippen LogP contribution in [0.15, 0.2) is 24.5 Å². The number of aryl methyl sites for hydroxylation is 1. The van der Waals surface area contributed by atoms with Gasteiger partial charge in [-0.15, -0.1) is 0 Å². The molecule has 0 saturated carbocycles. The Labute approximate surface area is 155 Å². The summed E-state index contributed by atoms with van der Waals surface area (Å²) < 4.78 is 5.41. The zero-order valence-corrected chi connectivity index (χ0v) is 15.5. The van der Waals surface area contributed by atoms with Crippen LogP contribution in [0.3, 0.4) is 0 Å². The Hall–Kier alpha value is -2.05. The Morgan fingerprint density at radius 2 is 1.96 bits per heavy atom. The molecule has 6 heteroatoms. The number of hydrogen-bond acceptors (Lipinski definition) is 6. The molecule has 0 atom stereocenters. The Morgan fingerprint density at radius 3 is 2.73 bits per heavy atom. The second kappa shape index (κ2) is 8.10. The van der Waals surface area contributed by atoms with Crippen LogP contribution in [0.4, 0.5) is 5.82 Å². The monoisotopic (exact) mass is 353 g/mol. The Kier molecular flexibility index (Phi) is 5.41. The predicted molar refractivity (Wildman–Crippen MR) is 101 cm³/mol. The molecule has 4 heterocycles. The molecule has 2 aliphatic rings. The van der Waals surface area contributed by atoms with Crippen LogP contribution in [0.2, 0.25) is 0 Å². The van der Waals surface area contributed by atoms with E-state index >= 15 is 0 Å². The SMILES string of the molecule is CCCc1ncc2c(n1)CCN(Cc1ccc(N3CCOCC3)nc1)C2. The fourth-order valence-corrected chi connectivity index (χ4v) is 3.64. The third-order valence-corrected chi connectivity index (χ3v) is 5.09. The van der Waals surface area contributed by atoms with Gasteiger partial charge in [-0.1, -0.05) is 13.0 Å². The molecule has 0 aromatic carbocycles. The van der Waals surface area contributed by atoms with Crippen LogP contribution in [0.25, 0.3) is 0 Å². The summed E-state index contributed by atoms with van der Waals surface area (Å²) in [4.78, 5) is 18.7. The average Bonchev–Trinajstić information content (AvgIpc) is 2.70. The molecule has 0 radical (unpaired) electrons. The third kappa shape index (κ3) is 4.02. The Morgan fingerprint density at radius 1 is 1.08 bits per heavy atom. The van der Waals surface area contributed by atoms with Crippen molar-refractivity contribution in [1.29, 1.82) is 0 Å².